The second-order valence-electron chi connectivity index (χ2n) is 9.29. The van der Waals surface area contributed by atoms with Gasteiger partial charge in [-0.2, -0.15) is 0 Å². The number of aliphatic hydroxyl groups is 1. The molecule has 0 unspecified atom stereocenters. The van der Waals surface area contributed by atoms with Crippen LogP contribution >= 0.6 is 0 Å². The molecule has 2 saturated carbocycles. The first-order valence-corrected chi connectivity index (χ1v) is 9.65. The van der Waals surface area contributed by atoms with Gasteiger partial charge in [-0.1, -0.05) is 27.2 Å². The molecule has 25 heavy (non-hydrogen) atoms. The molecule has 4 nitrogen and oxygen atoms in total. The first kappa shape index (κ1) is 18.6. The molecule has 0 radical (unpaired) electrons. The quantitative estimate of drug-likeness (QED) is 0.774. The maximum Gasteiger partial charge on any atom is 0.311 e. The van der Waals surface area contributed by atoms with Gasteiger partial charge in [0, 0.05) is 12.3 Å². The first-order valence-electron chi connectivity index (χ1n) is 9.65. The van der Waals surface area contributed by atoms with Gasteiger partial charge in [-0.3, -0.25) is 9.59 Å². The van der Waals surface area contributed by atoms with E-state index in [4.69, 9.17) is 4.74 Å². The summed E-state index contributed by atoms with van der Waals surface area (Å²) >= 11 is 0. The van der Waals surface area contributed by atoms with Crippen LogP contribution in [-0.2, 0) is 14.3 Å². The maximum atomic E-state index is 12.7. The molecular weight excluding hydrogens is 316 g/mol. The Morgan fingerprint density at radius 3 is 2.52 bits per heavy atom. The zero-order chi connectivity index (χ0) is 18.6. The minimum atomic E-state index is -0.923. The molecule has 4 heteroatoms. The van der Waals surface area contributed by atoms with E-state index in [0.29, 0.717) is 12.8 Å². The minimum Gasteiger partial charge on any atom is -0.469 e. The summed E-state index contributed by atoms with van der Waals surface area (Å²) in [4.78, 5) is 25.3. The summed E-state index contributed by atoms with van der Waals surface area (Å²) in [7, 11) is 1.46. The van der Waals surface area contributed by atoms with Gasteiger partial charge in [0.05, 0.1) is 18.1 Å². The number of hydrogen-bond donors (Lipinski definition) is 1. The van der Waals surface area contributed by atoms with E-state index >= 15 is 0 Å². The van der Waals surface area contributed by atoms with Crippen LogP contribution in [0.3, 0.4) is 0 Å². The van der Waals surface area contributed by atoms with Crippen LogP contribution in [0.1, 0.15) is 66.2 Å². The summed E-state index contributed by atoms with van der Waals surface area (Å²) in [5.41, 5.74) is -0.892. The molecule has 0 aromatic rings. The molecule has 0 amide bonds. The molecule has 0 aromatic heterocycles. The van der Waals surface area contributed by atoms with Gasteiger partial charge in [-0.25, -0.2) is 0 Å². The number of ether oxygens (including phenoxy) is 1. The Balaban J connectivity index is 2.04. The van der Waals surface area contributed by atoms with E-state index in [2.05, 4.69) is 6.92 Å². The third kappa shape index (κ3) is 2.59. The van der Waals surface area contributed by atoms with E-state index in [9.17, 15) is 14.7 Å². The summed E-state index contributed by atoms with van der Waals surface area (Å²) in [5, 5.41) is 11.5. The van der Waals surface area contributed by atoms with Crippen LogP contribution in [0.4, 0.5) is 0 Å². The standard InChI is InChI=1S/C21H32O4/c1-13(2)14-12-21(24)10-7-16-19(3,17(21)11-15(14)22)8-6-9-20(16,4)18(23)25-5/h12-13,16-17,24H,6-11H2,1-5H3/t16-,17+,19-,20-,21-/m0/s1. The molecule has 3 aliphatic carbocycles. The average molecular weight is 348 g/mol. The van der Waals surface area contributed by atoms with Crippen molar-refractivity contribution < 1.29 is 19.4 Å². The number of allylic oxidation sites excluding steroid dienone is 1. The lowest BCUT2D eigenvalue weighted by Crippen LogP contribution is -2.61. The summed E-state index contributed by atoms with van der Waals surface area (Å²) in [5.74, 6) is 0.187. The molecule has 0 aliphatic heterocycles. The Bertz CT molecular complexity index is 621. The van der Waals surface area contributed by atoms with Gasteiger partial charge in [-0.05, 0) is 61.5 Å². The predicted octanol–water partition coefficient (Wildman–Crippen LogP) is 3.67. The number of methoxy groups -OCH3 is 1. The highest BCUT2D eigenvalue weighted by molar-refractivity contribution is 5.97. The third-order valence-electron chi connectivity index (χ3n) is 7.60. The van der Waals surface area contributed by atoms with E-state index < -0.39 is 11.0 Å². The van der Waals surface area contributed by atoms with Crippen molar-refractivity contribution in [3.05, 3.63) is 11.6 Å². The SMILES string of the molecule is COC(=O)[C@@]1(C)CCC[C@]2(C)[C@H]3CC(=O)C(C(C)C)=C[C@@]3(O)CC[C@@H]21. The maximum absolute atomic E-state index is 12.7. The van der Waals surface area contributed by atoms with Crippen molar-refractivity contribution in [2.45, 2.75) is 71.8 Å². The molecule has 0 bridgehead atoms. The van der Waals surface area contributed by atoms with Crippen molar-refractivity contribution in [1.29, 1.82) is 0 Å². The third-order valence-corrected chi connectivity index (χ3v) is 7.60. The van der Waals surface area contributed by atoms with Crippen LogP contribution in [-0.4, -0.2) is 29.6 Å². The van der Waals surface area contributed by atoms with Crippen LogP contribution in [0.2, 0.25) is 0 Å². The van der Waals surface area contributed by atoms with Gasteiger partial charge in [0.2, 0.25) is 0 Å². The lowest BCUT2D eigenvalue weighted by molar-refractivity contribution is -0.189. The molecule has 0 aromatic carbocycles. The Morgan fingerprint density at radius 1 is 1.24 bits per heavy atom. The van der Waals surface area contributed by atoms with Crippen molar-refractivity contribution >= 4 is 11.8 Å². The molecule has 3 rings (SSSR count). The van der Waals surface area contributed by atoms with E-state index in [1.165, 1.54) is 7.11 Å². The molecule has 3 aliphatic rings. The number of hydrogen-bond acceptors (Lipinski definition) is 4. The van der Waals surface area contributed by atoms with Crippen LogP contribution in [0.25, 0.3) is 0 Å². The number of carbonyl (C=O) groups is 2. The molecule has 140 valence electrons. The Hall–Kier alpha value is -1.16. The Labute approximate surface area is 151 Å². The van der Waals surface area contributed by atoms with Crippen molar-refractivity contribution in [3.63, 3.8) is 0 Å². The van der Waals surface area contributed by atoms with E-state index in [1.54, 1.807) is 0 Å². The number of rotatable bonds is 2. The second kappa shape index (κ2) is 5.94. The fraction of sp³-hybridized carbons (Fsp3) is 0.810. The van der Waals surface area contributed by atoms with Gasteiger partial charge < -0.3 is 9.84 Å². The summed E-state index contributed by atoms with van der Waals surface area (Å²) < 4.78 is 5.14. The van der Waals surface area contributed by atoms with Gasteiger partial charge >= 0.3 is 5.97 Å². The Kier molecular flexibility index (Phi) is 4.42. The first-order chi connectivity index (χ1) is 11.6. The molecule has 0 heterocycles. The highest BCUT2D eigenvalue weighted by Crippen LogP contribution is 2.64. The summed E-state index contributed by atoms with van der Waals surface area (Å²) in [6, 6.07) is 0. The zero-order valence-electron chi connectivity index (χ0n) is 16.2. The fourth-order valence-corrected chi connectivity index (χ4v) is 6.30. The van der Waals surface area contributed by atoms with Gasteiger partial charge in [0.25, 0.3) is 0 Å². The Morgan fingerprint density at radius 2 is 1.92 bits per heavy atom. The normalized spacial score (nSPS) is 44.0. The van der Waals surface area contributed by atoms with E-state index in [1.807, 2.05) is 26.8 Å². The number of esters is 1. The topological polar surface area (TPSA) is 63.6 Å². The smallest absolute Gasteiger partial charge is 0.311 e. The lowest BCUT2D eigenvalue weighted by atomic mass is 9.43. The van der Waals surface area contributed by atoms with E-state index in [0.717, 1.165) is 31.3 Å². The minimum absolute atomic E-state index is 0.113. The molecule has 5 atom stereocenters. The van der Waals surface area contributed by atoms with Gasteiger partial charge in [0.15, 0.2) is 5.78 Å². The van der Waals surface area contributed by atoms with Crippen molar-refractivity contribution in [2.75, 3.05) is 7.11 Å². The molecule has 2 fully saturated rings. The van der Waals surface area contributed by atoms with Crippen LogP contribution < -0.4 is 0 Å². The van der Waals surface area contributed by atoms with Crippen LogP contribution in [0.15, 0.2) is 11.6 Å². The number of fused-ring (bicyclic) bond motifs is 3. The zero-order valence-corrected chi connectivity index (χ0v) is 16.2. The average Bonchev–Trinajstić information content (AvgIpc) is 2.54. The number of ketones is 1. The molecular formula is C21H32O4. The number of Topliss-reactive ketones (excluding diaryl/α,β-unsaturated/α-hetero) is 1. The fourth-order valence-electron chi connectivity index (χ4n) is 6.30. The largest absolute Gasteiger partial charge is 0.469 e. The number of carbonyl (C=O) groups excluding carboxylic acids is 2. The summed E-state index contributed by atoms with van der Waals surface area (Å²) in [6.07, 6.45) is 6.38. The van der Waals surface area contributed by atoms with Gasteiger partial charge in [0.1, 0.15) is 0 Å². The highest BCUT2D eigenvalue weighted by atomic mass is 16.5. The summed E-state index contributed by atoms with van der Waals surface area (Å²) in [6.45, 7) is 8.23. The van der Waals surface area contributed by atoms with Crippen molar-refractivity contribution in [1.82, 2.24) is 0 Å². The molecule has 0 spiro atoms. The van der Waals surface area contributed by atoms with E-state index in [-0.39, 0.29) is 34.9 Å². The van der Waals surface area contributed by atoms with Gasteiger partial charge in [-0.15, -0.1) is 0 Å². The van der Waals surface area contributed by atoms with Crippen molar-refractivity contribution in [2.24, 2.45) is 28.6 Å². The van der Waals surface area contributed by atoms with Crippen LogP contribution in [0.5, 0.6) is 0 Å². The highest BCUT2D eigenvalue weighted by Gasteiger charge is 2.63. The molecule has 0 saturated heterocycles. The second-order valence-corrected chi connectivity index (χ2v) is 9.29. The van der Waals surface area contributed by atoms with Crippen LogP contribution in [0, 0.1) is 28.6 Å². The predicted molar refractivity (Wildman–Crippen MR) is 95.8 cm³/mol. The molecule has 1 N–H and O–H groups in total. The lowest BCUT2D eigenvalue weighted by Gasteiger charge is -2.61. The van der Waals surface area contributed by atoms with Crippen molar-refractivity contribution in [3.8, 4) is 0 Å². The monoisotopic (exact) mass is 348 g/mol.